The maximum absolute atomic E-state index is 12.2. The van der Waals surface area contributed by atoms with Gasteiger partial charge < -0.3 is 14.6 Å². The molecule has 0 bridgehead atoms. The molecule has 0 aliphatic rings. The number of nitrogens with one attached hydrogen (secondary N) is 1. The Morgan fingerprint density at radius 1 is 1.31 bits per heavy atom. The van der Waals surface area contributed by atoms with E-state index >= 15 is 0 Å². The maximum Gasteiger partial charge on any atom is 0.311 e. The number of carbonyl (C=O) groups is 2. The second-order valence-corrected chi connectivity index (χ2v) is 8.02. The van der Waals surface area contributed by atoms with E-state index < -0.39 is 0 Å². The third-order valence-corrected chi connectivity index (χ3v) is 5.87. The van der Waals surface area contributed by atoms with Gasteiger partial charge in [-0.25, -0.2) is 4.98 Å². The van der Waals surface area contributed by atoms with Crippen LogP contribution in [-0.4, -0.2) is 44.0 Å². The van der Waals surface area contributed by atoms with E-state index in [9.17, 15) is 9.59 Å². The van der Waals surface area contributed by atoms with E-state index in [2.05, 4.69) is 20.5 Å². The van der Waals surface area contributed by atoms with E-state index in [-0.39, 0.29) is 24.1 Å². The first-order valence-corrected chi connectivity index (χ1v) is 10.9. The first-order valence-electron chi connectivity index (χ1n) is 8.65. The van der Waals surface area contributed by atoms with Gasteiger partial charge in [0.25, 0.3) is 0 Å². The van der Waals surface area contributed by atoms with Crippen LogP contribution in [0.2, 0.25) is 5.02 Å². The average Bonchev–Trinajstić information content (AvgIpc) is 3.27. The molecule has 0 aliphatic carbocycles. The predicted octanol–water partition coefficient (Wildman–Crippen LogP) is 3.43. The molecule has 2 aromatic heterocycles. The lowest BCUT2D eigenvalue weighted by Gasteiger charge is -2.05. The summed E-state index contributed by atoms with van der Waals surface area (Å²) < 4.78 is 6.68. The Kier molecular flexibility index (Phi) is 7.24. The van der Waals surface area contributed by atoms with Crippen molar-refractivity contribution >= 4 is 51.7 Å². The van der Waals surface area contributed by atoms with Crippen LogP contribution in [0.4, 0.5) is 5.13 Å². The van der Waals surface area contributed by atoms with Crippen LogP contribution in [-0.2, 0) is 27.8 Å². The number of aromatic nitrogens is 4. The van der Waals surface area contributed by atoms with Gasteiger partial charge in [-0.1, -0.05) is 35.5 Å². The Balaban J connectivity index is 1.56. The number of ether oxygens (including phenoxy) is 1. The largest absolute Gasteiger partial charge is 0.466 e. The predicted molar refractivity (Wildman–Crippen MR) is 113 cm³/mol. The first-order chi connectivity index (χ1) is 14.0. The summed E-state index contributed by atoms with van der Waals surface area (Å²) in [6.45, 7) is 2.07. The van der Waals surface area contributed by atoms with Crippen molar-refractivity contribution in [3.63, 3.8) is 0 Å². The molecule has 0 aliphatic heterocycles. The highest BCUT2D eigenvalue weighted by molar-refractivity contribution is 7.99. The van der Waals surface area contributed by atoms with Crippen molar-refractivity contribution in [1.82, 2.24) is 19.7 Å². The molecule has 1 amide bonds. The van der Waals surface area contributed by atoms with Crippen molar-refractivity contribution in [1.29, 1.82) is 0 Å². The van der Waals surface area contributed by atoms with Gasteiger partial charge in [0, 0.05) is 18.0 Å². The van der Waals surface area contributed by atoms with Gasteiger partial charge in [0.05, 0.1) is 29.5 Å². The summed E-state index contributed by atoms with van der Waals surface area (Å²) in [5.74, 6) is 0.195. The van der Waals surface area contributed by atoms with Crippen LogP contribution < -0.4 is 5.32 Å². The molecule has 3 rings (SSSR count). The van der Waals surface area contributed by atoms with E-state index in [1.807, 2.05) is 25.2 Å². The SMILES string of the molecule is CCOC(=O)Cc1csc(NC(=O)CSc2nnc(-c3ccccc3Cl)n2C)n1. The van der Waals surface area contributed by atoms with Crippen LogP contribution in [0.25, 0.3) is 11.4 Å². The molecule has 0 atom stereocenters. The molecule has 3 aromatic rings. The number of thioether (sulfide) groups is 1. The number of benzene rings is 1. The minimum absolute atomic E-state index is 0.0821. The zero-order valence-corrected chi connectivity index (χ0v) is 18.1. The first kappa shape index (κ1) is 21.3. The summed E-state index contributed by atoms with van der Waals surface area (Å²) in [6, 6.07) is 7.37. The second-order valence-electron chi connectivity index (χ2n) is 5.81. The molecule has 29 heavy (non-hydrogen) atoms. The molecular weight excluding hydrogens is 434 g/mol. The van der Waals surface area contributed by atoms with Gasteiger partial charge in [-0.15, -0.1) is 21.5 Å². The molecule has 0 fully saturated rings. The second kappa shape index (κ2) is 9.86. The lowest BCUT2D eigenvalue weighted by molar-refractivity contribution is -0.142. The number of hydrogen-bond donors (Lipinski definition) is 1. The molecule has 0 spiro atoms. The smallest absolute Gasteiger partial charge is 0.311 e. The number of halogens is 1. The van der Waals surface area contributed by atoms with Crippen molar-refractivity contribution in [2.45, 2.75) is 18.5 Å². The molecule has 1 N–H and O–H groups in total. The fourth-order valence-corrected chi connectivity index (χ4v) is 4.07. The topological polar surface area (TPSA) is 99.0 Å². The summed E-state index contributed by atoms with van der Waals surface area (Å²) in [7, 11) is 1.82. The Labute approximate surface area is 180 Å². The number of hydrogen-bond acceptors (Lipinski definition) is 8. The fourth-order valence-electron chi connectivity index (χ4n) is 2.41. The van der Waals surface area contributed by atoms with E-state index in [4.69, 9.17) is 16.3 Å². The fraction of sp³-hybridized carbons (Fsp3) is 0.278. The Hall–Kier alpha value is -2.43. The quantitative estimate of drug-likeness (QED) is 0.413. The lowest BCUT2D eigenvalue weighted by atomic mass is 10.2. The van der Waals surface area contributed by atoms with Crippen molar-refractivity contribution in [2.24, 2.45) is 7.05 Å². The molecule has 11 heteroatoms. The van der Waals surface area contributed by atoms with Gasteiger partial charge in [-0.2, -0.15) is 0 Å². The minimum Gasteiger partial charge on any atom is -0.466 e. The molecule has 0 saturated heterocycles. The third kappa shape index (κ3) is 5.55. The number of amides is 1. The van der Waals surface area contributed by atoms with Crippen LogP contribution in [0, 0.1) is 0 Å². The van der Waals surface area contributed by atoms with E-state index in [0.717, 1.165) is 5.56 Å². The highest BCUT2D eigenvalue weighted by atomic mass is 35.5. The van der Waals surface area contributed by atoms with Crippen molar-refractivity contribution in [2.75, 3.05) is 17.7 Å². The Bertz CT molecular complexity index is 1020. The highest BCUT2D eigenvalue weighted by Gasteiger charge is 2.16. The molecule has 152 valence electrons. The summed E-state index contributed by atoms with van der Waals surface area (Å²) >= 11 is 8.74. The van der Waals surface area contributed by atoms with Gasteiger partial charge in [0.15, 0.2) is 16.1 Å². The van der Waals surface area contributed by atoms with Gasteiger partial charge in [-0.05, 0) is 19.1 Å². The molecule has 2 heterocycles. The molecule has 0 saturated carbocycles. The maximum atomic E-state index is 12.2. The zero-order valence-electron chi connectivity index (χ0n) is 15.7. The molecule has 0 unspecified atom stereocenters. The third-order valence-electron chi connectivity index (χ3n) is 3.71. The summed E-state index contributed by atoms with van der Waals surface area (Å²) in [4.78, 5) is 27.9. The van der Waals surface area contributed by atoms with Crippen LogP contribution in [0.5, 0.6) is 0 Å². The minimum atomic E-state index is -0.345. The normalized spacial score (nSPS) is 10.7. The van der Waals surface area contributed by atoms with E-state index in [1.54, 1.807) is 22.9 Å². The number of thiazole rings is 1. The Morgan fingerprint density at radius 2 is 2.10 bits per heavy atom. The number of carbonyl (C=O) groups excluding carboxylic acids is 2. The summed E-state index contributed by atoms with van der Waals surface area (Å²) in [6.07, 6.45) is 0.0821. The van der Waals surface area contributed by atoms with Crippen LogP contribution in [0.15, 0.2) is 34.8 Å². The van der Waals surface area contributed by atoms with Crippen molar-refractivity contribution in [3.8, 4) is 11.4 Å². The number of esters is 1. The van der Waals surface area contributed by atoms with Crippen LogP contribution in [0.1, 0.15) is 12.6 Å². The van der Waals surface area contributed by atoms with E-state index in [1.165, 1.54) is 23.1 Å². The van der Waals surface area contributed by atoms with Crippen molar-refractivity contribution in [3.05, 3.63) is 40.4 Å². The standard InChI is InChI=1S/C18H18ClN5O3S2/c1-3-27-15(26)8-11-9-28-17(20-11)21-14(25)10-29-18-23-22-16(24(18)2)12-6-4-5-7-13(12)19/h4-7,9H,3,8,10H2,1-2H3,(H,20,21,25). The van der Waals surface area contributed by atoms with Crippen LogP contribution in [0.3, 0.4) is 0 Å². The Morgan fingerprint density at radius 3 is 2.86 bits per heavy atom. The summed E-state index contributed by atoms with van der Waals surface area (Å²) in [5, 5.41) is 14.4. The van der Waals surface area contributed by atoms with Gasteiger partial charge in [0.1, 0.15) is 0 Å². The van der Waals surface area contributed by atoms with Crippen LogP contribution >= 0.6 is 34.7 Å². The molecular formula is C18H18ClN5O3S2. The molecule has 0 radical (unpaired) electrons. The number of rotatable bonds is 8. The lowest BCUT2D eigenvalue weighted by Crippen LogP contribution is -2.14. The van der Waals surface area contributed by atoms with Gasteiger partial charge in [0.2, 0.25) is 5.91 Å². The number of anilines is 1. The molecule has 1 aromatic carbocycles. The van der Waals surface area contributed by atoms with Gasteiger partial charge in [-0.3, -0.25) is 9.59 Å². The zero-order chi connectivity index (χ0) is 20.8. The highest BCUT2D eigenvalue weighted by Crippen LogP contribution is 2.28. The molecule has 8 nitrogen and oxygen atoms in total. The van der Waals surface area contributed by atoms with E-state index in [0.29, 0.717) is 33.4 Å². The van der Waals surface area contributed by atoms with Crippen molar-refractivity contribution < 1.29 is 14.3 Å². The number of nitrogens with zero attached hydrogens (tertiary/aromatic N) is 4. The average molecular weight is 452 g/mol. The monoisotopic (exact) mass is 451 g/mol. The van der Waals surface area contributed by atoms with Gasteiger partial charge >= 0.3 is 5.97 Å². The summed E-state index contributed by atoms with van der Waals surface area (Å²) in [5.41, 5.74) is 1.34.